The molecule has 0 aliphatic rings. The summed E-state index contributed by atoms with van der Waals surface area (Å²) in [4.78, 5) is 11.6. The molecule has 2 N–H and O–H groups in total. The third kappa shape index (κ3) is 1.99. The molecule has 0 saturated heterocycles. The number of carbonyl (C=O) groups excluding carboxylic acids is 1. The summed E-state index contributed by atoms with van der Waals surface area (Å²) in [6.45, 7) is 1.87. The van der Waals surface area contributed by atoms with Gasteiger partial charge in [0.15, 0.2) is 0 Å². The first-order valence-corrected chi connectivity index (χ1v) is 5.13. The van der Waals surface area contributed by atoms with Crippen LogP contribution in [0.15, 0.2) is 30.5 Å². The number of nitrogen functional groups attached to an aromatic ring is 1. The number of anilines is 1. The van der Waals surface area contributed by atoms with Gasteiger partial charge in [-0.2, -0.15) is 5.10 Å². The lowest BCUT2D eigenvalue weighted by atomic mass is 10.1. The van der Waals surface area contributed by atoms with Crippen LogP contribution in [0.4, 0.5) is 5.69 Å². The van der Waals surface area contributed by atoms with Crippen LogP contribution in [-0.4, -0.2) is 22.9 Å². The van der Waals surface area contributed by atoms with Gasteiger partial charge in [0.2, 0.25) is 0 Å². The first kappa shape index (κ1) is 11.2. The first-order valence-electron chi connectivity index (χ1n) is 5.13. The molecular formula is C12H13N3O2. The van der Waals surface area contributed by atoms with Gasteiger partial charge in [0.1, 0.15) is 5.69 Å². The van der Waals surface area contributed by atoms with Crippen molar-refractivity contribution in [3.05, 3.63) is 41.7 Å². The number of para-hydroxylation sites is 1. The average molecular weight is 231 g/mol. The highest BCUT2D eigenvalue weighted by atomic mass is 16.5. The number of nitrogens with two attached hydrogens (primary N) is 1. The highest BCUT2D eigenvalue weighted by Gasteiger charge is 2.16. The topological polar surface area (TPSA) is 70.1 Å². The van der Waals surface area contributed by atoms with Crippen molar-refractivity contribution in [1.82, 2.24) is 9.78 Å². The number of hydrogen-bond donors (Lipinski definition) is 1. The molecule has 2 aromatic rings. The zero-order valence-corrected chi connectivity index (χ0v) is 9.68. The summed E-state index contributed by atoms with van der Waals surface area (Å²) >= 11 is 0. The van der Waals surface area contributed by atoms with Crippen LogP contribution in [-0.2, 0) is 4.74 Å². The van der Waals surface area contributed by atoms with Crippen molar-refractivity contribution in [2.45, 2.75) is 6.92 Å². The number of hydrogen-bond acceptors (Lipinski definition) is 4. The van der Waals surface area contributed by atoms with Crippen molar-refractivity contribution in [1.29, 1.82) is 0 Å². The monoisotopic (exact) mass is 231 g/mol. The first-order chi connectivity index (χ1) is 8.13. The molecule has 0 unspecified atom stereocenters. The van der Waals surface area contributed by atoms with Gasteiger partial charge in [0.25, 0.3) is 0 Å². The summed E-state index contributed by atoms with van der Waals surface area (Å²) in [7, 11) is 1.34. The molecule has 17 heavy (non-hydrogen) atoms. The zero-order valence-electron chi connectivity index (χ0n) is 9.68. The summed E-state index contributed by atoms with van der Waals surface area (Å²) < 4.78 is 6.30. The van der Waals surface area contributed by atoms with E-state index >= 15 is 0 Å². The number of esters is 1. The molecule has 0 fully saturated rings. The molecule has 0 amide bonds. The van der Waals surface area contributed by atoms with Crippen molar-refractivity contribution in [2.75, 3.05) is 12.8 Å². The average Bonchev–Trinajstić information content (AvgIpc) is 2.74. The number of carbonyl (C=O) groups is 1. The van der Waals surface area contributed by atoms with Crippen molar-refractivity contribution < 1.29 is 9.53 Å². The number of nitrogens with zero attached hydrogens (tertiary/aromatic N) is 2. The molecule has 5 heteroatoms. The molecule has 0 bridgehead atoms. The van der Waals surface area contributed by atoms with E-state index in [-0.39, 0.29) is 0 Å². The molecule has 0 saturated carbocycles. The lowest BCUT2D eigenvalue weighted by Crippen LogP contribution is -2.10. The molecule has 0 radical (unpaired) electrons. The fraction of sp³-hybridized carbons (Fsp3) is 0.167. The van der Waals surface area contributed by atoms with Gasteiger partial charge >= 0.3 is 5.97 Å². The van der Waals surface area contributed by atoms with E-state index in [9.17, 15) is 4.79 Å². The van der Waals surface area contributed by atoms with Crippen molar-refractivity contribution in [3.63, 3.8) is 0 Å². The molecule has 0 spiro atoms. The summed E-state index contributed by atoms with van der Waals surface area (Å²) in [5.41, 5.74) is 8.17. The lowest BCUT2D eigenvalue weighted by molar-refractivity contribution is 0.0600. The molecule has 0 aliphatic heterocycles. The third-order valence-electron chi connectivity index (χ3n) is 2.42. The maximum atomic E-state index is 11.6. The second-order valence-corrected chi connectivity index (χ2v) is 3.64. The van der Waals surface area contributed by atoms with Crippen LogP contribution < -0.4 is 5.73 Å². The Labute approximate surface area is 98.8 Å². The van der Waals surface area contributed by atoms with Crippen molar-refractivity contribution >= 4 is 11.7 Å². The number of aryl methyl sites for hydroxylation is 1. The molecule has 1 aromatic carbocycles. The van der Waals surface area contributed by atoms with Gasteiger partial charge in [-0.15, -0.1) is 0 Å². The Bertz CT molecular complexity index is 561. The van der Waals surface area contributed by atoms with Gasteiger partial charge < -0.3 is 10.5 Å². The molecule has 1 heterocycles. The van der Waals surface area contributed by atoms with E-state index < -0.39 is 5.97 Å². The fourth-order valence-electron chi connectivity index (χ4n) is 1.63. The predicted octanol–water partition coefficient (Wildman–Crippen LogP) is 1.55. The van der Waals surface area contributed by atoms with E-state index in [1.807, 2.05) is 13.0 Å². The number of rotatable bonds is 2. The van der Waals surface area contributed by atoms with Gasteiger partial charge in [-0.1, -0.05) is 6.07 Å². The van der Waals surface area contributed by atoms with E-state index in [4.69, 9.17) is 10.5 Å². The van der Waals surface area contributed by atoms with Gasteiger partial charge in [-0.25, -0.2) is 9.48 Å². The summed E-state index contributed by atoms with van der Waals surface area (Å²) in [5.74, 6) is -0.430. The summed E-state index contributed by atoms with van der Waals surface area (Å²) in [6, 6.07) is 6.93. The molecule has 1 aromatic heterocycles. The molecule has 88 valence electrons. The van der Waals surface area contributed by atoms with E-state index in [1.54, 1.807) is 29.1 Å². The van der Waals surface area contributed by atoms with Crippen molar-refractivity contribution in [2.24, 2.45) is 0 Å². The van der Waals surface area contributed by atoms with Crippen LogP contribution in [0.5, 0.6) is 0 Å². The van der Waals surface area contributed by atoms with E-state index in [0.717, 1.165) is 5.69 Å². The summed E-state index contributed by atoms with van der Waals surface area (Å²) in [5, 5.41) is 4.25. The van der Waals surface area contributed by atoms with E-state index in [1.165, 1.54) is 7.11 Å². The Kier molecular flexibility index (Phi) is 2.82. The Morgan fingerprint density at radius 1 is 1.41 bits per heavy atom. The van der Waals surface area contributed by atoms with Gasteiger partial charge in [0.05, 0.1) is 24.1 Å². The number of ether oxygens (including phenoxy) is 1. The molecule has 5 nitrogen and oxygen atoms in total. The van der Waals surface area contributed by atoms with Crippen LogP contribution in [0, 0.1) is 6.92 Å². The van der Waals surface area contributed by atoms with Crippen LogP contribution in [0.2, 0.25) is 0 Å². The Balaban J connectivity index is 2.63. The zero-order chi connectivity index (χ0) is 12.4. The van der Waals surface area contributed by atoms with Crippen LogP contribution >= 0.6 is 0 Å². The van der Waals surface area contributed by atoms with E-state index in [0.29, 0.717) is 16.9 Å². The Hall–Kier alpha value is -2.30. The fourth-order valence-corrected chi connectivity index (χ4v) is 1.63. The predicted molar refractivity (Wildman–Crippen MR) is 64.1 cm³/mol. The molecule has 0 aliphatic carbocycles. The minimum absolute atomic E-state index is 0.399. The number of methoxy groups -OCH3 is 1. The Morgan fingerprint density at radius 2 is 2.18 bits per heavy atom. The Morgan fingerprint density at radius 3 is 2.76 bits per heavy atom. The van der Waals surface area contributed by atoms with Crippen molar-refractivity contribution in [3.8, 4) is 5.69 Å². The SMILES string of the molecule is COC(=O)c1cccc(N)c1-n1ccc(C)n1. The normalized spacial score (nSPS) is 10.2. The van der Waals surface area contributed by atoms with Crippen LogP contribution in [0.1, 0.15) is 16.1 Å². The van der Waals surface area contributed by atoms with Crippen LogP contribution in [0.25, 0.3) is 5.69 Å². The second kappa shape index (κ2) is 4.29. The largest absolute Gasteiger partial charge is 0.465 e. The van der Waals surface area contributed by atoms with Crippen LogP contribution in [0.3, 0.4) is 0 Å². The number of aromatic nitrogens is 2. The highest BCUT2D eigenvalue weighted by molar-refractivity contribution is 5.95. The molecular weight excluding hydrogens is 218 g/mol. The highest BCUT2D eigenvalue weighted by Crippen LogP contribution is 2.22. The van der Waals surface area contributed by atoms with Gasteiger partial charge in [-0.3, -0.25) is 0 Å². The number of benzene rings is 1. The maximum Gasteiger partial charge on any atom is 0.340 e. The third-order valence-corrected chi connectivity index (χ3v) is 2.42. The minimum atomic E-state index is -0.430. The quantitative estimate of drug-likeness (QED) is 0.628. The standard InChI is InChI=1S/C12H13N3O2/c1-8-6-7-15(14-8)11-9(12(16)17-2)4-3-5-10(11)13/h3-7H,13H2,1-2H3. The molecule has 0 atom stereocenters. The second-order valence-electron chi connectivity index (χ2n) is 3.64. The molecule has 2 rings (SSSR count). The lowest BCUT2D eigenvalue weighted by Gasteiger charge is -2.10. The minimum Gasteiger partial charge on any atom is -0.465 e. The van der Waals surface area contributed by atoms with Gasteiger partial charge in [0, 0.05) is 6.20 Å². The van der Waals surface area contributed by atoms with E-state index in [2.05, 4.69) is 5.10 Å². The van der Waals surface area contributed by atoms with Gasteiger partial charge in [-0.05, 0) is 25.1 Å². The smallest absolute Gasteiger partial charge is 0.340 e. The summed E-state index contributed by atoms with van der Waals surface area (Å²) in [6.07, 6.45) is 1.76. The maximum absolute atomic E-state index is 11.6.